The van der Waals surface area contributed by atoms with Gasteiger partial charge in [-0.15, -0.1) is 11.3 Å². The van der Waals surface area contributed by atoms with Gasteiger partial charge >= 0.3 is 0 Å². The maximum absolute atomic E-state index is 10.4. The fraction of sp³-hybridized carbons (Fsp3) is 0. The minimum Gasteiger partial charge on any atom is -0.307 e. The monoisotopic (exact) mass is 526 g/mol. The molecule has 0 fully saturated rings. The SMILES string of the molecule is N#Cc1cccc(-c2ccccc2-c2cccc3c2sc2ccccc23)c1-n1c2ccccc2c2ccccc21. The molecule has 2 aromatic heterocycles. The van der Waals surface area contributed by atoms with E-state index in [2.05, 4.69) is 132 Å². The zero-order valence-electron chi connectivity index (χ0n) is 21.5. The van der Waals surface area contributed by atoms with Crippen molar-refractivity contribution in [2.24, 2.45) is 0 Å². The number of thiophene rings is 1. The number of nitriles is 1. The maximum Gasteiger partial charge on any atom is 0.101 e. The normalized spacial score (nSPS) is 11.5. The molecule has 3 heteroatoms. The van der Waals surface area contributed by atoms with Crippen LogP contribution in [0.4, 0.5) is 0 Å². The first kappa shape index (κ1) is 22.8. The Hall–Kier alpha value is -5.17. The van der Waals surface area contributed by atoms with Crippen molar-refractivity contribution in [2.45, 2.75) is 0 Å². The molecule has 186 valence electrons. The number of nitrogens with zero attached hydrogens (tertiary/aromatic N) is 2. The van der Waals surface area contributed by atoms with Crippen LogP contribution < -0.4 is 0 Å². The van der Waals surface area contributed by atoms with Crippen LogP contribution in [0.3, 0.4) is 0 Å². The van der Waals surface area contributed by atoms with Gasteiger partial charge < -0.3 is 4.57 Å². The van der Waals surface area contributed by atoms with E-state index in [0.29, 0.717) is 5.56 Å². The molecule has 0 saturated carbocycles. The van der Waals surface area contributed by atoms with Gasteiger partial charge in [-0.3, -0.25) is 0 Å². The fourth-order valence-corrected chi connectivity index (χ4v) is 7.40. The first-order valence-electron chi connectivity index (χ1n) is 13.4. The third kappa shape index (κ3) is 3.27. The Morgan fingerprint density at radius 2 is 1.00 bits per heavy atom. The highest BCUT2D eigenvalue weighted by Crippen LogP contribution is 2.45. The Morgan fingerprint density at radius 3 is 1.73 bits per heavy atom. The second-order valence-corrected chi connectivity index (χ2v) is 11.1. The summed E-state index contributed by atoms with van der Waals surface area (Å²) >= 11 is 1.84. The van der Waals surface area contributed by atoms with Crippen LogP contribution in [-0.2, 0) is 0 Å². The molecule has 0 aliphatic heterocycles. The highest BCUT2D eigenvalue weighted by molar-refractivity contribution is 7.26. The quantitative estimate of drug-likeness (QED) is 0.225. The van der Waals surface area contributed by atoms with Crippen molar-refractivity contribution < 1.29 is 0 Å². The van der Waals surface area contributed by atoms with Crippen LogP contribution >= 0.6 is 11.3 Å². The van der Waals surface area contributed by atoms with Crippen LogP contribution in [0, 0.1) is 11.3 Å². The fourth-order valence-electron chi connectivity index (χ4n) is 6.17. The van der Waals surface area contributed by atoms with Crippen LogP contribution in [0.1, 0.15) is 5.56 Å². The Labute approximate surface area is 235 Å². The predicted octanol–water partition coefficient (Wildman–Crippen LogP) is 10.4. The molecular formula is C37H22N2S. The molecule has 0 aliphatic carbocycles. The van der Waals surface area contributed by atoms with E-state index in [4.69, 9.17) is 0 Å². The van der Waals surface area contributed by atoms with E-state index >= 15 is 0 Å². The first-order chi connectivity index (χ1) is 19.8. The molecule has 0 saturated heterocycles. The lowest BCUT2D eigenvalue weighted by atomic mass is 9.91. The largest absolute Gasteiger partial charge is 0.307 e. The van der Waals surface area contributed by atoms with Gasteiger partial charge in [-0.2, -0.15) is 5.26 Å². The third-order valence-corrected chi connectivity index (χ3v) is 9.09. The summed E-state index contributed by atoms with van der Waals surface area (Å²) in [4.78, 5) is 0. The van der Waals surface area contributed by atoms with Gasteiger partial charge in [0.1, 0.15) is 6.07 Å². The van der Waals surface area contributed by atoms with E-state index in [1.54, 1.807) is 0 Å². The van der Waals surface area contributed by atoms with Gasteiger partial charge in [0.25, 0.3) is 0 Å². The lowest BCUT2D eigenvalue weighted by Crippen LogP contribution is -2.01. The standard InChI is InChI=1S/C37H22N2S/c38-23-24-11-9-17-30(36(24)39-33-20-6-3-14-27(33)28-15-4-7-21-34(28)39)25-12-1-2-13-26(25)31-18-10-19-32-29-16-5-8-22-35(29)40-37(31)32/h1-22H. The number of rotatable bonds is 3. The van der Waals surface area contributed by atoms with E-state index in [1.807, 2.05) is 23.5 Å². The average molecular weight is 527 g/mol. The Kier molecular flexibility index (Phi) is 5.10. The molecular weight excluding hydrogens is 504 g/mol. The zero-order valence-corrected chi connectivity index (χ0v) is 22.3. The van der Waals surface area contributed by atoms with Crippen molar-refractivity contribution >= 4 is 53.3 Å². The molecule has 0 amide bonds. The van der Waals surface area contributed by atoms with Crippen molar-refractivity contribution in [2.75, 3.05) is 0 Å². The van der Waals surface area contributed by atoms with E-state index in [9.17, 15) is 5.26 Å². The summed E-state index contributed by atoms with van der Waals surface area (Å²) in [5.41, 5.74) is 8.29. The van der Waals surface area contributed by atoms with Crippen molar-refractivity contribution in [1.82, 2.24) is 4.57 Å². The number of para-hydroxylation sites is 3. The van der Waals surface area contributed by atoms with Gasteiger partial charge in [0.05, 0.1) is 22.3 Å². The second kappa shape index (κ2) is 8.95. The Morgan fingerprint density at radius 1 is 0.475 bits per heavy atom. The molecule has 8 aromatic rings. The molecule has 0 aliphatic rings. The molecule has 0 unspecified atom stereocenters. The number of hydrogen-bond acceptors (Lipinski definition) is 2. The number of hydrogen-bond donors (Lipinski definition) is 0. The van der Waals surface area contributed by atoms with Gasteiger partial charge in [-0.25, -0.2) is 0 Å². The van der Waals surface area contributed by atoms with Crippen LogP contribution in [0.5, 0.6) is 0 Å². The van der Waals surface area contributed by atoms with Gasteiger partial charge in [-0.05, 0) is 35.4 Å². The van der Waals surface area contributed by atoms with Gasteiger partial charge in [0, 0.05) is 42.1 Å². The molecule has 40 heavy (non-hydrogen) atoms. The Bertz CT molecular complexity index is 2240. The molecule has 2 nitrogen and oxygen atoms in total. The van der Waals surface area contributed by atoms with Crippen LogP contribution in [0.2, 0.25) is 0 Å². The highest BCUT2D eigenvalue weighted by Gasteiger charge is 2.21. The summed E-state index contributed by atoms with van der Waals surface area (Å²) in [7, 11) is 0. The van der Waals surface area contributed by atoms with Gasteiger partial charge in [-0.1, -0.05) is 109 Å². The molecule has 0 bridgehead atoms. The summed E-state index contributed by atoms with van der Waals surface area (Å²) in [5.74, 6) is 0. The zero-order chi connectivity index (χ0) is 26.6. The lowest BCUT2D eigenvalue weighted by Gasteiger charge is -2.18. The van der Waals surface area contributed by atoms with E-state index < -0.39 is 0 Å². The second-order valence-electron chi connectivity index (χ2n) is 10.0. The number of aromatic nitrogens is 1. The van der Waals surface area contributed by atoms with Crippen LogP contribution in [-0.4, -0.2) is 4.57 Å². The van der Waals surface area contributed by atoms with Gasteiger partial charge in [0.15, 0.2) is 0 Å². The molecule has 0 atom stereocenters. The summed E-state index contributed by atoms with van der Waals surface area (Å²) in [6.45, 7) is 0. The van der Waals surface area contributed by atoms with Crippen molar-refractivity contribution in [3.05, 3.63) is 139 Å². The predicted molar refractivity (Wildman–Crippen MR) is 169 cm³/mol. The molecule has 2 heterocycles. The maximum atomic E-state index is 10.4. The topological polar surface area (TPSA) is 28.7 Å². The molecule has 8 rings (SSSR count). The van der Waals surface area contributed by atoms with Gasteiger partial charge in [0.2, 0.25) is 0 Å². The van der Waals surface area contributed by atoms with E-state index in [1.165, 1.54) is 36.5 Å². The van der Waals surface area contributed by atoms with Crippen LogP contribution in [0.25, 0.3) is 69.9 Å². The third-order valence-electron chi connectivity index (χ3n) is 7.87. The minimum absolute atomic E-state index is 0.652. The number of fused-ring (bicyclic) bond motifs is 6. The summed E-state index contributed by atoms with van der Waals surface area (Å²) < 4.78 is 4.85. The van der Waals surface area contributed by atoms with Crippen molar-refractivity contribution in [1.29, 1.82) is 5.26 Å². The molecule has 0 spiro atoms. The summed E-state index contributed by atoms with van der Waals surface area (Å²) in [6.07, 6.45) is 0. The van der Waals surface area contributed by atoms with E-state index in [-0.39, 0.29) is 0 Å². The highest BCUT2D eigenvalue weighted by atomic mass is 32.1. The first-order valence-corrected chi connectivity index (χ1v) is 14.2. The smallest absolute Gasteiger partial charge is 0.101 e. The summed E-state index contributed by atoms with van der Waals surface area (Å²) in [5, 5.41) is 15.3. The van der Waals surface area contributed by atoms with E-state index in [0.717, 1.165) is 33.4 Å². The summed E-state index contributed by atoms with van der Waals surface area (Å²) in [6, 6.07) is 49.4. The Balaban J connectivity index is 1.47. The van der Waals surface area contributed by atoms with Crippen LogP contribution in [0.15, 0.2) is 133 Å². The molecule has 6 aromatic carbocycles. The molecule has 0 N–H and O–H groups in total. The van der Waals surface area contributed by atoms with Crippen molar-refractivity contribution in [3.63, 3.8) is 0 Å². The number of benzene rings is 6. The minimum atomic E-state index is 0.652. The molecule has 0 radical (unpaired) electrons. The van der Waals surface area contributed by atoms with Crippen molar-refractivity contribution in [3.8, 4) is 34.0 Å². The average Bonchev–Trinajstić information content (AvgIpc) is 3.57. The lowest BCUT2D eigenvalue weighted by molar-refractivity contribution is 1.17.